The second-order valence-corrected chi connectivity index (χ2v) is 10.9. The van der Waals surface area contributed by atoms with Crippen LogP contribution in [0.1, 0.15) is 76.7 Å². The first-order valence-electron chi connectivity index (χ1n) is 14.1. The van der Waals surface area contributed by atoms with Gasteiger partial charge in [-0.25, -0.2) is 19.6 Å². The van der Waals surface area contributed by atoms with Gasteiger partial charge in [-0.1, -0.05) is 43.2 Å². The molecule has 0 spiro atoms. The number of fused-ring (bicyclic) bond motifs is 2. The van der Waals surface area contributed by atoms with Gasteiger partial charge in [0.1, 0.15) is 18.3 Å². The zero-order valence-corrected chi connectivity index (χ0v) is 22.2. The van der Waals surface area contributed by atoms with Gasteiger partial charge in [0, 0.05) is 50.7 Å². The fourth-order valence-electron chi connectivity index (χ4n) is 5.67. The van der Waals surface area contributed by atoms with Gasteiger partial charge in [0.25, 0.3) is 0 Å². The first kappa shape index (κ1) is 25.8. The molecule has 206 valence electrons. The van der Waals surface area contributed by atoms with Crippen molar-refractivity contribution in [2.45, 2.75) is 83.4 Å². The molecular formula is C29H36N6O4. The molecule has 0 atom stereocenters. The molecule has 2 saturated carbocycles. The van der Waals surface area contributed by atoms with E-state index in [0.29, 0.717) is 17.8 Å². The van der Waals surface area contributed by atoms with E-state index < -0.39 is 5.97 Å². The number of imidazole rings is 2. The van der Waals surface area contributed by atoms with E-state index in [1.807, 2.05) is 41.1 Å². The summed E-state index contributed by atoms with van der Waals surface area (Å²) < 4.78 is 9.43. The molecule has 3 aromatic rings. The minimum atomic E-state index is -0.933. The summed E-state index contributed by atoms with van der Waals surface area (Å²) in [6, 6.07) is 11.1. The summed E-state index contributed by atoms with van der Waals surface area (Å²) in [5.74, 6) is 0.605. The molecule has 10 nitrogen and oxygen atoms in total. The summed E-state index contributed by atoms with van der Waals surface area (Å²) in [4.78, 5) is 36.6. The first-order chi connectivity index (χ1) is 19.0. The second-order valence-electron chi connectivity index (χ2n) is 10.9. The Bertz CT molecular complexity index is 1310. The van der Waals surface area contributed by atoms with Gasteiger partial charge in [0.05, 0.1) is 13.1 Å². The number of carbonyl (C=O) groups is 2. The van der Waals surface area contributed by atoms with Crippen LogP contribution >= 0.6 is 0 Å². The van der Waals surface area contributed by atoms with Gasteiger partial charge in [-0.05, 0) is 31.2 Å². The van der Waals surface area contributed by atoms with Crippen LogP contribution in [0.25, 0.3) is 0 Å². The van der Waals surface area contributed by atoms with Crippen LogP contribution in [0.4, 0.5) is 0 Å². The van der Waals surface area contributed by atoms with E-state index in [2.05, 4.69) is 24.3 Å². The molecule has 39 heavy (non-hydrogen) atoms. The molecule has 0 amide bonds. The lowest BCUT2D eigenvalue weighted by molar-refractivity contribution is 0.0465. The third-order valence-electron chi connectivity index (χ3n) is 8.49. The Morgan fingerprint density at radius 3 is 1.85 bits per heavy atom. The molecule has 0 radical (unpaired) electrons. The standard InChI is InChI=1S/C18H21N3O2.C11H15N3O2/c22-18(23-13-14-5-2-1-3-6-14)16-11-21-10-9-20(12-17(21)19-16)15-7-4-8-15;15-11(16)9-6-14-5-4-13(7-10(14)12-9)8-2-1-3-8/h1-3,5-6,11,15H,4,7-10,12-13H2;6,8H,1-5,7H2,(H,15,16). The van der Waals surface area contributed by atoms with Gasteiger partial charge in [-0.3, -0.25) is 9.80 Å². The van der Waals surface area contributed by atoms with Crippen molar-refractivity contribution >= 4 is 11.9 Å². The lowest BCUT2D eigenvalue weighted by Crippen LogP contribution is -2.44. The predicted molar refractivity (Wildman–Crippen MR) is 143 cm³/mol. The third kappa shape index (κ3) is 5.77. The maximum absolute atomic E-state index is 12.2. The van der Waals surface area contributed by atoms with Crippen molar-refractivity contribution in [3.05, 3.63) is 71.3 Å². The summed E-state index contributed by atoms with van der Waals surface area (Å²) in [6.45, 7) is 5.78. The number of carboxylic acid groups (broad SMARTS) is 1. The molecule has 4 aliphatic rings. The zero-order valence-electron chi connectivity index (χ0n) is 22.2. The van der Waals surface area contributed by atoms with Crippen molar-refractivity contribution in [1.82, 2.24) is 28.9 Å². The average Bonchev–Trinajstić information content (AvgIpc) is 3.50. The molecule has 0 saturated heterocycles. The fraction of sp³-hybridized carbons (Fsp3) is 0.517. The molecule has 7 rings (SSSR count). The largest absolute Gasteiger partial charge is 0.476 e. The summed E-state index contributed by atoms with van der Waals surface area (Å²) in [5, 5.41) is 8.88. The number of rotatable bonds is 6. The Hall–Kier alpha value is -3.50. The van der Waals surface area contributed by atoms with E-state index in [4.69, 9.17) is 9.84 Å². The Morgan fingerprint density at radius 2 is 1.33 bits per heavy atom. The fourth-order valence-corrected chi connectivity index (χ4v) is 5.67. The minimum absolute atomic E-state index is 0.172. The van der Waals surface area contributed by atoms with Crippen molar-refractivity contribution in [2.24, 2.45) is 0 Å². The van der Waals surface area contributed by atoms with Crippen LogP contribution in [0.15, 0.2) is 42.7 Å². The van der Waals surface area contributed by atoms with Crippen LogP contribution in [-0.4, -0.2) is 71.1 Å². The molecular weight excluding hydrogens is 496 g/mol. The van der Waals surface area contributed by atoms with Crippen molar-refractivity contribution in [3.63, 3.8) is 0 Å². The summed E-state index contributed by atoms with van der Waals surface area (Å²) in [6.07, 6.45) is 11.3. The number of aromatic carboxylic acids is 1. The molecule has 4 heterocycles. The van der Waals surface area contributed by atoms with Gasteiger partial charge < -0.3 is 19.0 Å². The number of benzene rings is 1. The van der Waals surface area contributed by atoms with Crippen molar-refractivity contribution < 1.29 is 19.4 Å². The van der Waals surface area contributed by atoms with Gasteiger partial charge in [0.15, 0.2) is 11.4 Å². The summed E-state index contributed by atoms with van der Waals surface area (Å²) in [7, 11) is 0. The SMILES string of the molecule is O=C(O)c1cn2c(n1)CN(C1CCC1)CC2.O=C(OCc1ccccc1)c1cn2c(n1)CN(C1CCC1)CC2. The molecule has 2 aliphatic carbocycles. The van der Waals surface area contributed by atoms with Gasteiger partial charge in [-0.2, -0.15) is 0 Å². The lowest BCUT2D eigenvalue weighted by atomic mass is 9.91. The Balaban J connectivity index is 0.000000151. The van der Waals surface area contributed by atoms with E-state index in [1.54, 1.807) is 6.20 Å². The Labute approximate surface area is 228 Å². The van der Waals surface area contributed by atoms with E-state index in [0.717, 1.165) is 56.5 Å². The van der Waals surface area contributed by atoms with E-state index in [-0.39, 0.29) is 18.3 Å². The van der Waals surface area contributed by atoms with Crippen LogP contribution in [0.3, 0.4) is 0 Å². The maximum atomic E-state index is 12.2. The molecule has 0 unspecified atom stereocenters. The van der Waals surface area contributed by atoms with Gasteiger partial charge in [0.2, 0.25) is 0 Å². The van der Waals surface area contributed by atoms with Crippen LogP contribution < -0.4 is 0 Å². The monoisotopic (exact) mass is 532 g/mol. The van der Waals surface area contributed by atoms with Crippen molar-refractivity contribution in [1.29, 1.82) is 0 Å². The Morgan fingerprint density at radius 1 is 0.795 bits per heavy atom. The average molecular weight is 533 g/mol. The number of carbonyl (C=O) groups excluding carboxylic acids is 1. The second kappa shape index (κ2) is 11.3. The molecule has 2 aliphatic heterocycles. The molecule has 1 N–H and O–H groups in total. The van der Waals surface area contributed by atoms with E-state index in [9.17, 15) is 9.59 Å². The number of esters is 1. The summed E-state index contributed by atoms with van der Waals surface area (Å²) >= 11 is 0. The first-order valence-corrected chi connectivity index (χ1v) is 14.1. The highest BCUT2D eigenvalue weighted by atomic mass is 16.5. The smallest absolute Gasteiger partial charge is 0.358 e. The molecule has 1 aromatic carbocycles. The van der Waals surface area contributed by atoms with Crippen LogP contribution in [0.5, 0.6) is 0 Å². The number of ether oxygens (including phenoxy) is 1. The quantitative estimate of drug-likeness (QED) is 0.481. The highest BCUT2D eigenvalue weighted by Crippen LogP contribution is 2.29. The minimum Gasteiger partial charge on any atom is -0.476 e. The number of aromatic nitrogens is 4. The number of hydrogen-bond acceptors (Lipinski definition) is 7. The van der Waals surface area contributed by atoms with Gasteiger partial charge >= 0.3 is 11.9 Å². The van der Waals surface area contributed by atoms with Crippen molar-refractivity contribution in [3.8, 4) is 0 Å². The van der Waals surface area contributed by atoms with Crippen LogP contribution in [0.2, 0.25) is 0 Å². The zero-order chi connectivity index (χ0) is 26.8. The van der Waals surface area contributed by atoms with Gasteiger partial charge in [-0.15, -0.1) is 0 Å². The molecule has 10 heteroatoms. The molecule has 0 bridgehead atoms. The predicted octanol–water partition coefficient (Wildman–Crippen LogP) is 3.56. The van der Waals surface area contributed by atoms with E-state index in [1.165, 1.54) is 38.5 Å². The molecule has 2 aromatic heterocycles. The van der Waals surface area contributed by atoms with E-state index >= 15 is 0 Å². The highest BCUT2D eigenvalue weighted by molar-refractivity contribution is 5.87. The number of carboxylic acids is 1. The van der Waals surface area contributed by atoms with Crippen molar-refractivity contribution in [2.75, 3.05) is 13.1 Å². The Kier molecular flexibility index (Phi) is 7.47. The third-order valence-corrected chi connectivity index (χ3v) is 8.49. The maximum Gasteiger partial charge on any atom is 0.358 e. The number of nitrogens with zero attached hydrogens (tertiary/aromatic N) is 6. The highest BCUT2D eigenvalue weighted by Gasteiger charge is 2.30. The van der Waals surface area contributed by atoms with Crippen LogP contribution in [-0.2, 0) is 37.5 Å². The number of hydrogen-bond donors (Lipinski definition) is 1. The normalized spacial score (nSPS) is 19.6. The summed E-state index contributed by atoms with van der Waals surface area (Å²) in [5.41, 5.74) is 1.58. The molecule has 2 fully saturated rings. The topological polar surface area (TPSA) is 106 Å². The lowest BCUT2D eigenvalue weighted by Gasteiger charge is -2.39. The van der Waals surface area contributed by atoms with Crippen LogP contribution in [0, 0.1) is 0 Å².